The van der Waals surface area contributed by atoms with Gasteiger partial charge in [0.2, 0.25) is 0 Å². The van der Waals surface area contributed by atoms with Gasteiger partial charge in [-0.25, -0.2) is 4.79 Å². The number of halogens is 1. The molecule has 0 spiro atoms. The maximum absolute atomic E-state index is 11.0. The molecule has 18 heavy (non-hydrogen) atoms. The largest absolute Gasteiger partial charge is 0.478 e. The Labute approximate surface area is 117 Å². The van der Waals surface area contributed by atoms with Gasteiger partial charge in [-0.3, -0.25) is 0 Å². The normalized spacial score (nSPS) is 10.3. The molecule has 0 aliphatic heterocycles. The molecule has 0 bridgehead atoms. The Kier molecular flexibility index (Phi) is 3.98. The fourth-order valence-electron chi connectivity index (χ4n) is 1.29. The molecular weight excluding hydrogens is 316 g/mol. The second-order valence-corrected chi connectivity index (χ2v) is 5.51. The van der Waals surface area contributed by atoms with Gasteiger partial charge in [-0.05, 0) is 53.2 Å². The summed E-state index contributed by atoms with van der Waals surface area (Å²) in [6.45, 7) is 1.86. The van der Waals surface area contributed by atoms with Crippen LogP contribution < -0.4 is 0 Å². The summed E-state index contributed by atoms with van der Waals surface area (Å²) in [5.41, 5.74) is 1.08. The molecule has 6 heteroatoms. The highest BCUT2D eigenvalue weighted by molar-refractivity contribution is 9.10. The molecule has 0 aliphatic carbocycles. The van der Waals surface area contributed by atoms with Gasteiger partial charge in [0.25, 0.3) is 0 Å². The maximum atomic E-state index is 11.0. The summed E-state index contributed by atoms with van der Waals surface area (Å²) in [4.78, 5) is 11.8. The lowest BCUT2D eigenvalue weighted by Crippen LogP contribution is -1.97. The number of carbonyl (C=O) groups is 1. The average molecular weight is 325 g/mol. The van der Waals surface area contributed by atoms with Gasteiger partial charge < -0.3 is 5.11 Å². The predicted octanol–water partition coefficient (Wildman–Crippen LogP) is 3.40. The second-order valence-electron chi connectivity index (χ2n) is 3.56. The minimum Gasteiger partial charge on any atom is -0.478 e. The number of aromatic carboxylic acids is 1. The van der Waals surface area contributed by atoms with E-state index in [4.69, 9.17) is 5.11 Å². The molecule has 0 saturated heterocycles. The van der Waals surface area contributed by atoms with Crippen molar-refractivity contribution in [2.45, 2.75) is 16.8 Å². The SMILES string of the molecule is Cc1ccc(Sc2ccc(Br)c(C(=O)O)c2)nn1. The van der Waals surface area contributed by atoms with Crippen molar-refractivity contribution in [3.05, 3.63) is 46.1 Å². The summed E-state index contributed by atoms with van der Waals surface area (Å²) >= 11 is 4.59. The Morgan fingerprint density at radius 1 is 1.28 bits per heavy atom. The van der Waals surface area contributed by atoms with E-state index in [0.29, 0.717) is 4.47 Å². The fourth-order valence-corrected chi connectivity index (χ4v) is 2.48. The van der Waals surface area contributed by atoms with Crippen LogP contribution in [-0.2, 0) is 0 Å². The molecule has 0 unspecified atom stereocenters. The number of carboxylic acids is 1. The molecule has 0 aliphatic rings. The number of rotatable bonds is 3. The van der Waals surface area contributed by atoms with E-state index in [-0.39, 0.29) is 5.56 Å². The third-order valence-corrected chi connectivity index (χ3v) is 3.77. The zero-order valence-electron chi connectivity index (χ0n) is 9.42. The van der Waals surface area contributed by atoms with Crippen molar-refractivity contribution < 1.29 is 9.90 Å². The lowest BCUT2D eigenvalue weighted by Gasteiger charge is -2.03. The van der Waals surface area contributed by atoms with Crippen LogP contribution in [0.1, 0.15) is 16.1 Å². The molecule has 0 fully saturated rings. The number of carboxylic acid groups (broad SMARTS) is 1. The Bertz CT molecular complexity index is 587. The van der Waals surface area contributed by atoms with E-state index < -0.39 is 5.97 Å². The van der Waals surface area contributed by atoms with Crippen molar-refractivity contribution in [3.8, 4) is 0 Å². The summed E-state index contributed by atoms with van der Waals surface area (Å²) in [5.74, 6) is -0.959. The standard InChI is InChI=1S/C12H9BrN2O2S/c1-7-2-5-11(15-14-7)18-8-3-4-10(13)9(6-8)12(16)17/h2-6H,1H3,(H,16,17). The molecule has 0 radical (unpaired) electrons. The Morgan fingerprint density at radius 3 is 2.67 bits per heavy atom. The molecule has 2 rings (SSSR count). The summed E-state index contributed by atoms with van der Waals surface area (Å²) in [7, 11) is 0. The average Bonchev–Trinajstić information content (AvgIpc) is 2.34. The summed E-state index contributed by atoms with van der Waals surface area (Å²) in [6, 6.07) is 8.89. The molecular formula is C12H9BrN2O2S. The van der Waals surface area contributed by atoms with Gasteiger partial charge in [0, 0.05) is 9.37 Å². The first kappa shape index (κ1) is 13.0. The highest BCUT2D eigenvalue weighted by Crippen LogP contribution is 2.29. The van der Waals surface area contributed by atoms with Crippen molar-refractivity contribution in [2.75, 3.05) is 0 Å². The maximum Gasteiger partial charge on any atom is 0.336 e. The molecule has 4 nitrogen and oxygen atoms in total. The lowest BCUT2D eigenvalue weighted by molar-refractivity contribution is 0.0695. The zero-order chi connectivity index (χ0) is 13.1. The van der Waals surface area contributed by atoms with Crippen molar-refractivity contribution in [3.63, 3.8) is 0 Å². The van der Waals surface area contributed by atoms with Gasteiger partial charge in [-0.1, -0.05) is 11.8 Å². The zero-order valence-corrected chi connectivity index (χ0v) is 11.8. The van der Waals surface area contributed by atoms with E-state index >= 15 is 0 Å². The van der Waals surface area contributed by atoms with E-state index in [0.717, 1.165) is 15.6 Å². The third-order valence-electron chi connectivity index (χ3n) is 2.16. The number of aromatic nitrogens is 2. The number of benzene rings is 1. The van der Waals surface area contributed by atoms with Gasteiger partial charge in [0.15, 0.2) is 0 Å². The van der Waals surface area contributed by atoms with E-state index in [9.17, 15) is 4.79 Å². The summed E-state index contributed by atoms with van der Waals surface area (Å²) < 4.78 is 0.564. The molecule has 1 heterocycles. The monoisotopic (exact) mass is 324 g/mol. The van der Waals surface area contributed by atoms with Crippen LogP contribution in [0.3, 0.4) is 0 Å². The lowest BCUT2D eigenvalue weighted by atomic mass is 10.2. The van der Waals surface area contributed by atoms with Crippen LogP contribution in [0, 0.1) is 6.92 Å². The van der Waals surface area contributed by atoms with E-state index in [1.807, 2.05) is 25.1 Å². The number of aryl methyl sites for hydroxylation is 1. The number of hydrogen-bond donors (Lipinski definition) is 1. The molecule has 0 amide bonds. The smallest absolute Gasteiger partial charge is 0.336 e. The van der Waals surface area contributed by atoms with Crippen molar-refractivity contribution in [1.82, 2.24) is 10.2 Å². The van der Waals surface area contributed by atoms with E-state index in [1.165, 1.54) is 11.8 Å². The van der Waals surface area contributed by atoms with Crippen molar-refractivity contribution in [2.24, 2.45) is 0 Å². The third kappa shape index (κ3) is 3.08. The molecule has 2 aromatic rings. The topological polar surface area (TPSA) is 63.1 Å². The first-order valence-corrected chi connectivity index (χ1v) is 6.68. The van der Waals surface area contributed by atoms with Gasteiger partial charge in [0.05, 0.1) is 11.3 Å². The quantitative estimate of drug-likeness (QED) is 0.937. The molecule has 1 aromatic heterocycles. The minimum atomic E-state index is -0.959. The van der Waals surface area contributed by atoms with Crippen molar-refractivity contribution in [1.29, 1.82) is 0 Å². The van der Waals surface area contributed by atoms with Crippen LogP contribution in [0.25, 0.3) is 0 Å². The number of hydrogen-bond acceptors (Lipinski definition) is 4. The Morgan fingerprint density at radius 2 is 2.06 bits per heavy atom. The minimum absolute atomic E-state index is 0.236. The van der Waals surface area contributed by atoms with Crippen LogP contribution in [0.5, 0.6) is 0 Å². The van der Waals surface area contributed by atoms with Crippen LogP contribution >= 0.6 is 27.7 Å². The Hall–Kier alpha value is -1.40. The summed E-state index contributed by atoms with van der Waals surface area (Å²) in [5, 5.41) is 17.7. The van der Waals surface area contributed by atoms with Crippen LogP contribution in [0.2, 0.25) is 0 Å². The molecule has 0 saturated carbocycles. The fraction of sp³-hybridized carbons (Fsp3) is 0.0833. The molecule has 92 valence electrons. The first-order valence-electron chi connectivity index (χ1n) is 5.07. The van der Waals surface area contributed by atoms with Crippen LogP contribution in [0.4, 0.5) is 0 Å². The van der Waals surface area contributed by atoms with Crippen molar-refractivity contribution >= 4 is 33.7 Å². The van der Waals surface area contributed by atoms with Gasteiger partial charge in [-0.15, -0.1) is 5.10 Å². The van der Waals surface area contributed by atoms with Crippen LogP contribution in [-0.4, -0.2) is 21.3 Å². The van der Waals surface area contributed by atoms with Gasteiger partial charge >= 0.3 is 5.97 Å². The number of nitrogens with zero attached hydrogens (tertiary/aromatic N) is 2. The highest BCUT2D eigenvalue weighted by Gasteiger charge is 2.10. The molecule has 1 aromatic carbocycles. The summed E-state index contributed by atoms with van der Waals surface area (Å²) in [6.07, 6.45) is 0. The van der Waals surface area contributed by atoms with Gasteiger partial charge in [0.1, 0.15) is 5.03 Å². The van der Waals surface area contributed by atoms with E-state index in [2.05, 4.69) is 26.1 Å². The predicted molar refractivity (Wildman–Crippen MR) is 72.0 cm³/mol. The molecule has 1 N–H and O–H groups in total. The van der Waals surface area contributed by atoms with Gasteiger partial charge in [-0.2, -0.15) is 5.10 Å². The van der Waals surface area contributed by atoms with Crippen LogP contribution in [0.15, 0.2) is 44.7 Å². The highest BCUT2D eigenvalue weighted by atomic mass is 79.9. The second kappa shape index (κ2) is 5.49. The molecule has 0 atom stereocenters. The van der Waals surface area contributed by atoms with E-state index in [1.54, 1.807) is 12.1 Å². The first-order chi connectivity index (χ1) is 8.56. The Balaban J connectivity index is 2.27.